The number of hydrogen-bond donors (Lipinski definition) is 0. The monoisotopic (exact) mass is 838 g/mol. The smallest absolute Gasteiger partial charge is 0.125 e. The second-order valence-corrected chi connectivity index (χ2v) is 18.1. The molecule has 294 valence electrons. The van der Waals surface area contributed by atoms with Gasteiger partial charge in [-0.15, -0.1) is 22.7 Å². The molecule has 0 amide bonds. The number of thiophene rings is 2. The molecular weight excluding hydrogens is 805 g/mol. The molecule has 0 fully saturated rings. The van der Waals surface area contributed by atoms with Gasteiger partial charge in [-0.3, -0.25) is 4.98 Å². The third kappa shape index (κ3) is 6.14. The van der Waals surface area contributed by atoms with Crippen LogP contribution in [-0.4, -0.2) is 15.0 Å². The van der Waals surface area contributed by atoms with Crippen LogP contribution in [0.2, 0.25) is 0 Å². The first-order chi connectivity index (χ1) is 31.2. The Hall–Kier alpha value is -7.77. The zero-order chi connectivity index (χ0) is 41.4. The summed E-state index contributed by atoms with van der Waals surface area (Å²) in [6.45, 7) is 0. The molecule has 0 bridgehead atoms. The predicted molar refractivity (Wildman–Crippen MR) is 269 cm³/mol. The first kappa shape index (κ1) is 35.9. The summed E-state index contributed by atoms with van der Waals surface area (Å²) in [5.41, 5.74) is 9.40. The van der Waals surface area contributed by atoms with Crippen LogP contribution in [0, 0.1) is 0 Å². The Kier molecular flexibility index (Phi) is 8.22. The number of pyridine rings is 3. The quantitative estimate of drug-likeness (QED) is 0.156. The third-order valence-corrected chi connectivity index (χ3v) is 14.5. The molecule has 13 rings (SSSR count). The Balaban J connectivity index is 0.884. The highest BCUT2D eigenvalue weighted by atomic mass is 32.1. The van der Waals surface area contributed by atoms with Crippen LogP contribution in [0.5, 0.6) is 0 Å². The number of rotatable bonds is 6. The molecule has 0 aliphatic rings. The van der Waals surface area contributed by atoms with E-state index in [0.717, 1.165) is 65.9 Å². The number of anilines is 3. The highest BCUT2D eigenvalue weighted by Crippen LogP contribution is 2.41. The van der Waals surface area contributed by atoms with Gasteiger partial charge < -0.3 is 4.90 Å². The van der Waals surface area contributed by atoms with Gasteiger partial charge in [0.05, 0.1) is 17.1 Å². The van der Waals surface area contributed by atoms with Crippen LogP contribution in [0.15, 0.2) is 206 Å². The van der Waals surface area contributed by atoms with Crippen LogP contribution in [0.1, 0.15) is 0 Å². The molecule has 0 saturated heterocycles. The van der Waals surface area contributed by atoms with Crippen molar-refractivity contribution >= 4 is 113 Å². The minimum Gasteiger partial charge on any atom is -0.310 e. The average Bonchev–Trinajstić information content (AvgIpc) is 3.92. The summed E-state index contributed by atoms with van der Waals surface area (Å²) in [7, 11) is 0. The molecule has 0 saturated carbocycles. The van der Waals surface area contributed by atoms with Crippen molar-refractivity contribution in [2.24, 2.45) is 0 Å². The SMILES string of the molecule is c1ccc2cc(-c3ccc4c(ccc5cc(N(c6ccc(-c7ccc8c(n7)sc7ccccc78)cc6)c6ccc(-c7ccc8c(n7)sc7ccccc78)cc6)ccc54)c3)ncc2c1. The second-order valence-electron chi connectivity index (χ2n) is 16.0. The Morgan fingerprint density at radius 2 is 0.810 bits per heavy atom. The van der Waals surface area contributed by atoms with Gasteiger partial charge in [-0.25, -0.2) is 9.97 Å². The van der Waals surface area contributed by atoms with E-state index in [1.165, 1.54) is 57.9 Å². The average molecular weight is 839 g/mol. The summed E-state index contributed by atoms with van der Waals surface area (Å²) in [6.07, 6.45) is 1.97. The van der Waals surface area contributed by atoms with Gasteiger partial charge in [0.1, 0.15) is 9.66 Å². The fraction of sp³-hybridized carbons (Fsp3) is 0. The molecule has 0 aliphatic carbocycles. The van der Waals surface area contributed by atoms with E-state index in [2.05, 4.69) is 205 Å². The highest BCUT2D eigenvalue weighted by molar-refractivity contribution is 7.25. The fourth-order valence-corrected chi connectivity index (χ4v) is 11.3. The number of hydrogen-bond acceptors (Lipinski definition) is 6. The summed E-state index contributed by atoms with van der Waals surface area (Å²) in [5.74, 6) is 0. The number of aromatic nitrogens is 3. The summed E-state index contributed by atoms with van der Waals surface area (Å²) >= 11 is 3.50. The number of fused-ring (bicyclic) bond motifs is 10. The fourth-order valence-electron chi connectivity index (χ4n) is 9.14. The van der Waals surface area contributed by atoms with Gasteiger partial charge in [0.2, 0.25) is 0 Å². The predicted octanol–water partition coefficient (Wildman–Crippen LogP) is 16.5. The molecule has 5 heterocycles. The molecule has 8 aromatic carbocycles. The van der Waals surface area contributed by atoms with Crippen molar-refractivity contribution in [1.82, 2.24) is 15.0 Å². The Labute approximate surface area is 370 Å². The van der Waals surface area contributed by atoms with E-state index in [0.29, 0.717) is 0 Å². The molecule has 63 heavy (non-hydrogen) atoms. The van der Waals surface area contributed by atoms with Gasteiger partial charge in [-0.05, 0) is 112 Å². The molecule has 0 unspecified atom stereocenters. The van der Waals surface area contributed by atoms with Crippen LogP contribution >= 0.6 is 22.7 Å². The number of benzene rings is 8. The lowest BCUT2D eigenvalue weighted by atomic mass is 9.98. The van der Waals surface area contributed by atoms with Crippen LogP contribution in [0.4, 0.5) is 17.1 Å². The molecule has 0 N–H and O–H groups in total. The topological polar surface area (TPSA) is 41.9 Å². The van der Waals surface area contributed by atoms with Crippen molar-refractivity contribution in [3.05, 3.63) is 206 Å². The van der Waals surface area contributed by atoms with E-state index in [1.54, 1.807) is 22.7 Å². The molecule has 13 aromatic rings. The lowest BCUT2D eigenvalue weighted by Gasteiger charge is -2.26. The van der Waals surface area contributed by atoms with Crippen LogP contribution in [-0.2, 0) is 0 Å². The van der Waals surface area contributed by atoms with Gasteiger partial charge in [0, 0.05) is 76.3 Å². The van der Waals surface area contributed by atoms with Crippen molar-refractivity contribution in [3.63, 3.8) is 0 Å². The van der Waals surface area contributed by atoms with Crippen LogP contribution < -0.4 is 4.90 Å². The second kappa shape index (κ2) is 14.4. The maximum atomic E-state index is 5.13. The first-order valence-corrected chi connectivity index (χ1v) is 22.7. The van der Waals surface area contributed by atoms with Gasteiger partial charge in [-0.1, -0.05) is 115 Å². The van der Waals surface area contributed by atoms with E-state index in [1.807, 2.05) is 6.20 Å². The summed E-state index contributed by atoms with van der Waals surface area (Å²) in [5, 5.41) is 12.1. The molecule has 5 aromatic heterocycles. The van der Waals surface area contributed by atoms with E-state index >= 15 is 0 Å². The van der Waals surface area contributed by atoms with Crippen molar-refractivity contribution in [2.75, 3.05) is 4.90 Å². The van der Waals surface area contributed by atoms with Crippen molar-refractivity contribution in [3.8, 4) is 33.8 Å². The maximum Gasteiger partial charge on any atom is 0.125 e. The summed E-state index contributed by atoms with van der Waals surface area (Å²) in [6, 6.07) is 72.0. The van der Waals surface area contributed by atoms with E-state index in [4.69, 9.17) is 15.0 Å². The van der Waals surface area contributed by atoms with Crippen LogP contribution in [0.25, 0.3) is 107 Å². The Morgan fingerprint density at radius 1 is 0.317 bits per heavy atom. The minimum absolute atomic E-state index is 0.969. The third-order valence-electron chi connectivity index (χ3n) is 12.3. The van der Waals surface area contributed by atoms with Crippen molar-refractivity contribution in [2.45, 2.75) is 0 Å². The minimum atomic E-state index is 0.969. The molecule has 0 radical (unpaired) electrons. The van der Waals surface area contributed by atoms with Crippen molar-refractivity contribution < 1.29 is 0 Å². The Morgan fingerprint density at radius 3 is 1.43 bits per heavy atom. The molecule has 6 heteroatoms. The lowest BCUT2D eigenvalue weighted by Crippen LogP contribution is -2.10. The van der Waals surface area contributed by atoms with Crippen molar-refractivity contribution in [1.29, 1.82) is 0 Å². The maximum absolute atomic E-state index is 5.13. The molecule has 4 nitrogen and oxygen atoms in total. The summed E-state index contributed by atoms with van der Waals surface area (Å²) < 4.78 is 2.52. The first-order valence-electron chi connectivity index (χ1n) is 21.1. The summed E-state index contributed by atoms with van der Waals surface area (Å²) in [4.78, 5) is 19.5. The number of nitrogens with zero attached hydrogens (tertiary/aromatic N) is 4. The lowest BCUT2D eigenvalue weighted by molar-refractivity contribution is 1.28. The van der Waals surface area contributed by atoms with E-state index in [-0.39, 0.29) is 0 Å². The van der Waals surface area contributed by atoms with Gasteiger partial charge in [0.15, 0.2) is 0 Å². The standard InChI is InChI=1S/C57H34N4S2/c1-2-8-41-34-58-53(33-37(41)7-1)40-19-25-45-38(31-40)13-14-39-32-44(24-26-46(39)45)61(42-20-15-35(16-21-42)51-29-27-49-47-9-3-5-11-54(47)62-56(49)59-51)43-22-17-36(18-23-43)52-30-28-50-48-10-4-6-12-55(48)63-57(50)60-52/h1-34H. The van der Waals surface area contributed by atoms with Gasteiger partial charge in [-0.2, -0.15) is 0 Å². The highest BCUT2D eigenvalue weighted by Gasteiger charge is 2.17. The van der Waals surface area contributed by atoms with E-state index < -0.39 is 0 Å². The normalized spacial score (nSPS) is 11.8. The molecule has 0 atom stereocenters. The zero-order valence-electron chi connectivity index (χ0n) is 33.7. The van der Waals surface area contributed by atoms with Gasteiger partial charge >= 0.3 is 0 Å². The zero-order valence-corrected chi connectivity index (χ0v) is 35.4. The largest absolute Gasteiger partial charge is 0.310 e. The molecular formula is C57H34N4S2. The van der Waals surface area contributed by atoms with E-state index in [9.17, 15) is 0 Å². The van der Waals surface area contributed by atoms with Crippen LogP contribution in [0.3, 0.4) is 0 Å². The molecule has 0 aliphatic heterocycles. The van der Waals surface area contributed by atoms with Gasteiger partial charge in [0.25, 0.3) is 0 Å². The Bertz CT molecular complexity index is 3770. The molecule has 0 spiro atoms.